The van der Waals surface area contributed by atoms with E-state index in [9.17, 15) is 4.79 Å². The van der Waals surface area contributed by atoms with E-state index in [0.717, 1.165) is 42.8 Å². The molecule has 0 spiro atoms. The molecule has 5 nitrogen and oxygen atoms in total. The van der Waals surface area contributed by atoms with Crippen molar-refractivity contribution in [1.82, 2.24) is 10.3 Å². The molecule has 0 radical (unpaired) electrons. The smallest absolute Gasteiger partial charge is 0.407 e. The van der Waals surface area contributed by atoms with E-state index in [1.165, 1.54) is 10.9 Å². The summed E-state index contributed by atoms with van der Waals surface area (Å²) in [7, 11) is 0. The van der Waals surface area contributed by atoms with Gasteiger partial charge in [-0.15, -0.1) is 0 Å². The Morgan fingerprint density at radius 1 is 1.42 bits per heavy atom. The number of hydrogen-bond acceptors (Lipinski definition) is 3. The fraction of sp³-hybridized carbons (Fsp3) is 0.526. The van der Waals surface area contributed by atoms with Gasteiger partial charge in [-0.3, -0.25) is 0 Å². The zero-order valence-electron chi connectivity index (χ0n) is 14.9. The van der Waals surface area contributed by atoms with Crippen LogP contribution in [0.2, 0.25) is 0 Å². The molecular formula is C19H26N2O3. The van der Waals surface area contributed by atoms with E-state index in [-0.39, 0.29) is 12.1 Å². The van der Waals surface area contributed by atoms with Gasteiger partial charge in [0.15, 0.2) is 0 Å². The molecule has 1 amide bonds. The largest absolute Gasteiger partial charge is 0.493 e. The highest BCUT2D eigenvalue weighted by atomic mass is 16.6. The van der Waals surface area contributed by atoms with Crippen molar-refractivity contribution < 1.29 is 14.3 Å². The summed E-state index contributed by atoms with van der Waals surface area (Å²) in [4.78, 5) is 15.4. The number of H-pyrrole nitrogens is 1. The Morgan fingerprint density at radius 3 is 2.96 bits per heavy atom. The van der Waals surface area contributed by atoms with Crippen LogP contribution in [0.1, 0.15) is 45.4 Å². The van der Waals surface area contributed by atoms with Gasteiger partial charge in [0.05, 0.1) is 12.1 Å². The van der Waals surface area contributed by atoms with Crippen molar-refractivity contribution >= 4 is 17.0 Å². The number of alkyl carbamates (subject to hydrolysis) is 1. The second-order valence-corrected chi connectivity index (χ2v) is 7.50. The highest BCUT2D eigenvalue weighted by molar-refractivity contribution is 5.86. The molecule has 0 aliphatic carbocycles. The lowest BCUT2D eigenvalue weighted by molar-refractivity contribution is 0.0508. The van der Waals surface area contributed by atoms with Gasteiger partial charge in [0, 0.05) is 29.1 Å². The van der Waals surface area contributed by atoms with Crippen LogP contribution in [0.4, 0.5) is 4.79 Å². The Bertz CT molecular complexity index is 743. The summed E-state index contributed by atoms with van der Waals surface area (Å²) in [5, 5.41) is 4.08. The fourth-order valence-corrected chi connectivity index (χ4v) is 3.11. The van der Waals surface area contributed by atoms with E-state index in [1.54, 1.807) is 0 Å². The van der Waals surface area contributed by atoms with E-state index in [2.05, 4.69) is 28.5 Å². The van der Waals surface area contributed by atoms with Gasteiger partial charge in [-0.1, -0.05) is 0 Å². The SMILES string of the molecule is C[C@@H](Cc1cc2ccc3c(c2[nH]1)CCCO3)NC(=O)OC(C)(C)C. The maximum Gasteiger partial charge on any atom is 0.407 e. The first-order valence-corrected chi connectivity index (χ1v) is 8.57. The molecule has 1 aliphatic heterocycles. The number of fused-ring (bicyclic) bond motifs is 3. The average molecular weight is 330 g/mol. The number of nitrogens with one attached hydrogen (secondary N) is 2. The number of aromatic amines is 1. The van der Waals surface area contributed by atoms with Gasteiger partial charge in [0.25, 0.3) is 0 Å². The Hall–Kier alpha value is -2.17. The molecule has 0 saturated heterocycles. The van der Waals surface area contributed by atoms with Crippen LogP contribution in [-0.2, 0) is 17.6 Å². The van der Waals surface area contributed by atoms with Crippen molar-refractivity contribution in [3.63, 3.8) is 0 Å². The van der Waals surface area contributed by atoms with Crippen LogP contribution in [0, 0.1) is 0 Å². The Balaban J connectivity index is 1.70. The number of aryl methyl sites for hydroxylation is 1. The van der Waals surface area contributed by atoms with Crippen LogP contribution < -0.4 is 10.1 Å². The monoisotopic (exact) mass is 330 g/mol. The summed E-state index contributed by atoms with van der Waals surface area (Å²) in [6.07, 6.45) is 2.44. The van der Waals surface area contributed by atoms with E-state index in [1.807, 2.05) is 27.7 Å². The van der Waals surface area contributed by atoms with Crippen molar-refractivity contribution in [1.29, 1.82) is 0 Å². The van der Waals surface area contributed by atoms with E-state index >= 15 is 0 Å². The molecule has 2 heterocycles. The zero-order valence-corrected chi connectivity index (χ0v) is 14.9. The van der Waals surface area contributed by atoms with Crippen molar-refractivity contribution in [2.24, 2.45) is 0 Å². The summed E-state index contributed by atoms with van der Waals surface area (Å²) in [6, 6.07) is 6.28. The molecule has 24 heavy (non-hydrogen) atoms. The maximum absolute atomic E-state index is 11.9. The normalized spacial score (nSPS) is 15.5. The van der Waals surface area contributed by atoms with Gasteiger partial charge in [-0.05, 0) is 58.7 Å². The summed E-state index contributed by atoms with van der Waals surface area (Å²) in [5.41, 5.74) is 3.04. The van der Waals surface area contributed by atoms with Crippen LogP contribution in [0.15, 0.2) is 18.2 Å². The Kier molecular flexibility index (Phi) is 4.43. The number of carbonyl (C=O) groups is 1. The standard InChI is InChI=1S/C19H26N2O3/c1-12(20-18(22)24-19(2,3)4)10-14-11-13-7-8-16-15(17(13)21-14)6-5-9-23-16/h7-8,11-12,21H,5-6,9-10H2,1-4H3,(H,20,22)/t12-/m0/s1. The van der Waals surface area contributed by atoms with E-state index in [0.29, 0.717) is 0 Å². The molecule has 0 unspecified atom stereocenters. The van der Waals surface area contributed by atoms with Crippen molar-refractivity contribution in [3.8, 4) is 5.75 Å². The molecule has 3 rings (SSSR count). The predicted molar refractivity (Wildman–Crippen MR) is 94.7 cm³/mol. The minimum atomic E-state index is -0.482. The molecule has 1 aromatic heterocycles. The van der Waals surface area contributed by atoms with Gasteiger partial charge in [-0.2, -0.15) is 0 Å². The number of benzene rings is 1. The molecule has 0 saturated carbocycles. The van der Waals surface area contributed by atoms with Gasteiger partial charge >= 0.3 is 6.09 Å². The molecule has 130 valence electrons. The second-order valence-electron chi connectivity index (χ2n) is 7.50. The summed E-state index contributed by atoms with van der Waals surface area (Å²) < 4.78 is 11.0. The molecule has 1 atom stereocenters. The highest BCUT2D eigenvalue weighted by Crippen LogP contribution is 2.32. The third-order valence-electron chi connectivity index (χ3n) is 4.04. The third kappa shape index (κ3) is 3.83. The third-order valence-corrected chi connectivity index (χ3v) is 4.04. The van der Waals surface area contributed by atoms with Gasteiger partial charge in [0.2, 0.25) is 0 Å². The lowest BCUT2D eigenvalue weighted by Crippen LogP contribution is -2.38. The first-order valence-electron chi connectivity index (χ1n) is 8.57. The van der Waals surface area contributed by atoms with Gasteiger partial charge in [-0.25, -0.2) is 4.79 Å². The molecule has 2 aromatic rings. The molecule has 5 heteroatoms. The molecule has 1 aliphatic rings. The van der Waals surface area contributed by atoms with Crippen LogP contribution in [0.3, 0.4) is 0 Å². The first-order chi connectivity index (χ1) is 11.3. The molecule has 0 fully saturated rings. The maximum atomic E-state index is 11.9. The summed E-state index contributed by atoms with van der Waals surface area (Å²) in [6.45, 7) is 8.36. The summed E-state index contributed by atoms with van der Waals surface area (Å²) in [5.74, 6) is 0.988. The number of hydrogen-bond donors (Lipinski definition) is 2. The second kappa shape index (κ2) is 6.38. The summed E-state index contributed by atoms with van der Waals surface area (Å²) >= 11 is 0. The van der Waals surface area contributed by atoms with Gasteiger partial charge in [0.1, 0.15) is 11.4 Å². The van der Waals surface area contributed by atoms with Crippen LogP contribution in [0.25, 0.3) is 10.9 Å². The average Bonchev–Trinajstić information content (AvgIpc) is 2.87. The molecule has 2 N–H and O–H groups in total. The number of ether oxygens (including phenoxy) is 2. The van der Waals surface area contributed by atoms with Crippen molar-refractivity contribution in [2.45, 2.75) is 58.6 Å². The Labute approximate surface area is 142 Å². The highest BCUT2D eigenvalue weighted by Gasteiger charge is 2.19. The lowest BCUT2D eigenvalue weighted by Gasteiger charge is -2.21. The van der Waals surface area contributed by atoms with Crippen molar-refractivity contribution in [2.75, 3.05) is 6.61 Å². The topological polar surface area (TPSA) is 63.3 Å². The van der Waals surface area contributed by atoms with E-state index in [4.69, 9.17) is 9.47 Å². The molecule has 0 bridgehead atoms. The lowest BCUT2D eigenvalue weighted by atomic mass is 10.0. The van der Waals surface area contributed by atoms with Gasteiger partial charge < -0.3 is 19.8 Å². The van der Waals surface area contributed by atoms with E-state index < -0.39 is 5.60 Å². The molecular weight excluding hydrogens is 304 g/mol. The number of aromatic nitrogens is 1. The van der Waals surface area contributed by atoms with Crippen LogP contribution in [0.5, 0.6) is 5.75 Å². The number of carbonyl (C=O) groups excluding carboxylic acids is 1. The van der Waals surface area contributed by atoms with Crippen LogP contribution >= 0.6 is 0 Å². The quantitative estimate of drug-likeness (QED) is 0.896. The van der Waals surface area contributed by atoms with Crippen LogP contribution in [-0.4, -0.2) is 29.3 Å². The fourth-order valence-electron chi connectivity index (χ4n) is 3.11. The molecule has 1 aromatic carbocycles. The first kappa shape index (κ1) is 16.7. The minimum absolute atomic E-state index is 0.0139. The predicted octanol–water partition coefficient (Wildman–Crippen LogP) is 3.95. The Morgan fingerprint density at radius 2 is 2.21 bits per heavy atom. The number of rotatable bonds is 3. The zero-order chi connectivity index (χ0) is 17.3. The minimum Gasteiger partial charge on any atom is -0.493 e. The number of amides is 1. The van der Waals surface area contributed by atoms with Crippen molar-refractivity contribution in [3.05, 3.63) is 29.5 Å².